The van der Waals surface area contributed by atoms with E-state index in [4.69, 9.17) is 26.2 Å². The van der Waals surface area contributed by atoms with Crippen LogP contribution < -0.4 is 15.1 Å². The molecular formula is C21H25ClFN3O5. The van der Waals surface area contributed by atoms with Crippen molar-refractivity contribution in [1.82, 2.24) is 9.47 Å². The fourth-order valence-electron chi connectivity index (χ4n) is 4.03. The van der Waals surface area contributed by atoms with Crippen LogP contribution >= 0.6 is 11.6 Å². The molecule has 1 aromatic heterocycles. The number of aliphatic hydroxyl groups is 1. The molecule has 2 aliphatic rings. The number of carbonyl (C=O) groups is 1. The SMILES string of the molecule is O=COc1cn(C2CC2)c2c(Cl)c(N3CCN(CCOCCO)CC3)c(F)cc2c1=O. The Balaban J connectivity index is 1.62. The molecule has 2 aromatic rings. The summed E-state index contributed by atoms with van der Waals surface area (Å²) >= 11 is 6.70. The zero-order chi connectivity index (χ0) is 22.0. The van der Waals surface area contributed by atoms with E-state index in [1.807, 2.05) is 9.47 Å². The zero-order valence-corrected chi connectivity index (χ0v) is 17.8. The van der Waals surface area contributed by atoms with Crippen LogP contribution in [0.3, 0.4) is 0 Å². The van der Waals surface area contributed by atoms with Crippen molar-refractivity contribution in [2.75, 3.05) is 57.4 Å². The standard InChI is InChI=1S/C21H25ClFN3O5/c22-18-19-15(21(29)17(31-13-28)12-26(19)14-1-2-14)11-16(23)20(18)25-5-3-24(4-6-25)7-9-30-10-8-27/h11-14,27H,1-10H2. The highest BCUT2D eigenvalue weighted by atomic mass is 35.5. The summed E-state index contributed by atoms with van der Waals surface area (Å²) in [5, 5.41) is 9.08. The van der Waals surface area contributed by atoms with Gasteiger partial charge in [-0.3, -0.25) is 14.5 Å². The van der Waals surface area contributed by atoms with Crippen molar-refractivity contribution in [2.24, 2.45) is 0 Å². The van der Waals surface area contributed by atoms with E-state index in [0.717, 1.165) is 32.5 Å². The van der Waals surface area contributed by atoms with Crippen molar-refractivity contribution in [1.29, 1.82) is 0 Å². The maximum Gasteiger partial charge on any atom is 0.298 e. The smallest absolute Gasteiger partial charge is 0.298 e. The first-order valence-corrected chi connectivity index (χ1v) is 10.8. The van der Waals surface area contributed by atoms with Gasteiger partial charge in [0.05, 0.1) is 47.6 Å². The summed E-state index contributed by atoms with van der Waals surface area (Å²) in [5.41, 5.74) is 0.214. The number of anilines is 1. The molecule has 0 unspecified atom stereocenters. The lowest BCUT2D eigenvalue weighted by molar-refractivity contribution is -0.120. The fourth-order valence-corrected chi connectivity index (χ4v) is 4.44. The number of fused-ring (bicyclic) bond motifs is 1. The Morgan fingerprint density at radius 2 is 1.97 bits per heavy atom. The van der Waals surface area contributed by atoms with E-state index in [0.29, 0.717) is 37.5 Å². The van der Waals surface area contributed by atoms with E-state index in [9.17, 15) is 9.59 Å². The fraction of sp³-hybridized carbons (Fsp3) is 0.524. The Kier molecular flexibility index (Phi) is 6.76. The van der Waals surface area contributed by atoms with Gasteiger partial charge in [-0.05, 0) is 18.9 Å². The van der Waals surface area contributed by atoms with Crippen LogP contribution in [0, 0.1) is 5.82 Å². The lowest BCUT2D eigenvalue weighted by atomic mass is 10.1. The molecule has 4 rings (SSSR count). The van der Waals surface area contributed by atoms with Gasteiger partial charge in [-0.25, -0.2) is 4.39 Å². The summed E-state index contributed by atoms with van der Waals surface area (Å²) in [7, 11) is 0. The number of hydrogen-bond acceptors (Lipinski definition) is 7. The van der Waals surface area contributed by atoms with Crippen molar-refractivity contribution in [3.8, 4) is 5.75 Å². The number of carbonyl (C=O) groups excluding carboxylic acids is 1. The second-order valence-electron chi connectivity index (χ2n) is 7.76. The van der Waals surface area contributed by atoms with E-state index in [1.54, 1.807) is 0 Å². The second kappa shape index (κ2) is 9.52. The average Bonchev–Trinajstić information content (AvgIpc) is 3.60. The summed E-state index contributed by atoms with van der Waals surface area (Å²) in [6.45, 7) is 4.40. The van der Waals surface area contributed by atoms with E-state index in [1.165, 1.54) is 12.3 Å². The molecule has 1 saturated carbocycles. The molecule has 10 heteroatoms. The van der Waals surface area contributed by atoms with Crippen molar-refractivity contribution < 1.29 is 23.8 Å². The van der Waals surface area contributed by atoms with Crippen LogP contribution in [0.4, 0.5) is 10.1 Å². The second-order valence-corrected chi connectivity index (χ2v) is 8.13. The summed E-state index contributed by atoms with van der Waals surface area (Å²) in [5.74, 6) is -0.699. The Labute approximate surface area is 183 Å². The molecule has 0 radical (unpaired) electrons. The van der Waals surface area contributed by atoms with Gasteiger partial charge in [0.15, 0.2) is 5.75 Å². The topological polar surface area (TPSA) is 84.2 Å². The van der Waals surface area contributed by atoms with Crippen LogP contribution in [-0.4, -0.2) is 73.6 Å². The molecule has 1 aliphatic heterocycles. The number of benzene rings is 1. The number of rotatable bonds is 9. The summed E-state index contributed by atoms with van der Waals surface area (Å²) < 4.78 is 27.1. The van der Waals surface area contributed by atoms with Crippen LogP contribution in [0.5, 0.6) is 5.75 Å². The molecule has 168 valence electrons. The Hall–Kier alpha value is -2.20. The van der Waals surface area contributed by atoms with Crippen LogP contribution in [0.15, 0.2) is 17.1 Å². The summed E-state index contributed by atoms with van der Waals surface area (Å²) in [6, 6.07) is 1.34. The maximum absolute atomic E-state index is 15.2. The summed E-state index contributed by atoms with van der Waals surface area (Å²) in [4.78, 5) is 27.6. The molecule has 1 aromatic carbocycles. The van der Waals surface area contributed by atoms with Gasteiger partial charge >= 0.3 is 0 Å². The molecule has 31 heavy (non-hydrogen) atoms. The lowest BCUT2D eigenvalue weighted by Gasteiger charge is -2.36. The van der Waals surface area contributed by atoms with Gasteiger partial charge in [0.1, 0.15) is 5.82 Å². The Morgan fingerprint density at radius 3 is 2.61 bits per heavy atom. The molecule has 1 N–H and O–H groups in total. The largest absolute Gasteiger partial charge is 0.423 e. The van der Waals surface area contributed by atoms with Gasteiger partial charge in [0, 0.05) is 38.8 Å². The molecule has 0 atom stereocenters. The minimum Gasteiger partial charge on any atom is -0.423 e. The monoisotopic (exact) mass is 453 g/mol. The third-order valence-electron chi connectivity index (χ3n) is 5.74. The lowest BCUT2D eigenvalue weighted by Crippen LogP contribution is -2.47. The predicted molar refractivity (Wildman–Crippen MR) is 115 cm³/mol. The van der Waals surface area contributed by atoms with Gasteiger partial charge in [0.25, 0.3) is 6.47 Å². The maximum atomic E-state index is 15.2. The molecule has 2 fully saturated rings. The van der Waals surface area contributed by atoms with E-state index >= 15 is 4.39 Å². The van der Waals surface area contributed by atoms with Crippen molar-refractivity contribution in [2.45, 2.75) is 18.9 Å². The molecule has 0 spiro atoms. The van der Waals surface area contributed by atoms with Crippen LogP contribution in [0.1, 0.15) is 18.9 Å². The van der Waals surface area contributed by atoms with Gasteiger partial charge in [-0.1, -0.05) is 11.6 Å². The molecular weight excluding hydrogens is 429 g/mol. The number of hydrogen-bond donors (Lipinski definition) is 1. The molecule has 1 saturated heterocycles. The van der Waals surface area contributed by atoms with Gasteiger partial charge in [0.2, 0.25) is 5.43 Å². The predicted octanol–water partition coefficient (Wildman–Crippen LogP) is 1.79. The van der Waals surface area contributed by atoms with Crippen molar-refractivity contribution >= 4 is 34.7 Å². The quantitative estimate of drug-likeness (QED) is 0.457. The number of aromatic nitrogens is 1. The van der Waals surface area contributed by atoms with E-state index in [2.05, 4.69) is 4.90 Å². The highest BCUT2D eigenvalue weighted by Gasteiger charge is 2.30. The first-order valence-electron chi connectivity index (χ1n) is 10.4. The normalized spacial score (nSPS) is 17.3. The molecule has 2 heterocycles. The summed E-state index contributed by atoms with van der Waals surface area (Å²) in [6.07, 6.45) is 3.33. The number of nitrogens with zero attached hydrogens (tertiary/aromatic N) is 3. The molecule has 0 bridgehead atoms. The number of piperazine rings is 1. The Morgan fingerprint density at radius 1 is 1.23 bits per heavy atom. The highest BCUT2D eigenvalue weighted by Crippen LogP contribution is 2.42. The zero-order valence-electron chi connectivity index (χ0n) is 17.1. The van der Waals surface area contributed by atoms with E-state index < -0.39 is 11.2 Å². The number of pyridine rings is 1. The molecule has 1 aliphatic carbocycles. The third kappa shape index (κ3) is 4.55. The van der Waals surface area contributed by atoms with Crippen LogP contribution in [-0.2, 0) is 9.53 Å². The van der Waals surface area contributed by atoms with Crippen LogP contribution in [0.2, 0.25) is 5.02 Å². The van der Waals surface area contributed by atoms with Gasteiger partial charge in [-0.2, -0.15) is 0 Å². The number of aliphatic hydroxyl groups excluding tert-OH is 1. The van der Waals surface area contributed by atoms with Gasteiger partial charge in [-0.15, -0.1) is 0 Å². The first kappa shape index (κ1) is 22.0. The van der Waals surface area contributed by atoms with Crippen molar-refractivity contribution in [3.63, 3.8) is 0 Å². The van der Waals surface area contributed by atoms with E-state index in [-0.39, 0.29) is 35.3 Å². The third-order valence-corrected chi connectivity index (χ3v) is 6.10. The van der Waals surface area contributed by atoms with Gasteiger partial charge < -0.3 is 24.0 Å². The van der Waals surface area contributed by atoms with Crippen LogP contribution in [0.25, 0.3) is 10.9 Å². The Bertz CT molecular complexity index is 1020. The highest BCUT2D eigenvalue weighted by molar-refractivity contribution is 6.38. The average molecular weight is 454 g/mol. The molecule has 0 amide bonds. The number of ether oxygens (including phenoxy) is 2. The minimum absolute atomic E-state index is 0.00219. The number of halogens is 2. The molecule has 8 nitrogen and oxygen atoms in total. The van der Waals surface area contributed by atoms with Crippen molar-refractivity contribution in [3.05, 3.63) is 33.3 Å². The first-order chi connectivity index (χ1) is 15.0. The minimum atomic E-state index is -0.570.